The van der Waals surface area contributed by atoms with Gasteiger partial charge in [0.25, 0.3) is 5.91 Å². The Balaban J connectivity index is 1.97. The number of nitrogens with zero attached hydrogens (tertiary/aromatic N) is 1. The maximum atomic E-state index is 12.9. The Morgan fingerprint density at radius 3 is 2.52 bits per heavy atom. The molecule has 1 fully saturated rings. The second kappa shape index (κ2) is 7.36. The Hall–Kier alpha value is -2.86. The molecule has 6 heteroatoms. The van der Waals surface area contributed by atoms with Gasteiger partial charge in [0.2, 0.25) is 0 Å². The highest BCUT2D eigenvalue weighted by Gasteiger charge is 2.33. The van der Waals surface area contributed by atoms with E-state index in [0.29, 0.717) is 34.6 Å². The maximum Gasteiger partial charge on any atom is 0.281 e. The molecule has 0 spiro atoms. The van der Waals surface area contributed by atoms with Crippen LogP contribution in [0.15, 0.2) is 54.2 Å². The molecule has 0 bridgehead atoms. The Morgan fingerprint density at radius 2 is 1.80 bits per heavy atom. The normalized spacial score (nSPS) is 15.4. The Bertz CT molecular complexity index is 848. The molecule has 1 saturated heterocycles. The third kappa shape index (κ3) is 3.34. The average molecular weight is 354 g/mol. The zero-order valence-electron chi connectivity index (χ0n) is 14.0. The molecule has 0 aliphatic carbocycles. The molecule has 0 saturated carbocycles. The average Bonchev–Trinajstić information content (AvgIpc) is 2.90. The summed E-state index contributed by atoms with van der Waals surface area (Å²) in [5.41, 5.74) is 1.81. The number of rotatable bonds is 5. The Morgan fingerprint density at radius 1 is 1.12 bits per heavy atom. The summed E-state index contributed by atoms with van der Waals surface area (Å²) < 4.78 is 10.9. The van der Waals surface area contributed by atoms with Crippen molar-refractivity contribution in [1.29, 1.82) is 0 Å². The minimum Gasteiger partial charge on any atom is -0.496 e. The molecule has 0 aromatic heterocycles. The molecule has 0 radical (unpaired) electrons. The van der Waals surface area contributed by atoms with Crippen molar-refractivity contribution in [2.75, 3.05) is 18.6 Å². The van der Waals surface area contributed by atoms with Crippen LogP contribution in [0.3, 0.4) is 0 Å². The second-order valence-electron chi connectivity index (χ2n) is 5.27. The predicted molar refractivity (Wildman–Crippen MR) is 102 cm³/mol. The van der Waals surface area contributed by atoms with Gasteiger partial charge in [-0.1, -0.05) is 30.3 Å². The van der Waals surface area contributed by atoms with Gasteiger partial charge in [0.05, 0.1) is 19.4 Å². The Labute approximate surface area is 151 Å². The van der Waals surface area contributed by atoms with E-state index in [1.807, 2.05) is 55.5 Å². The van der Waals surface area contributed by atoms with Crippen molar-refractivity contribution in [1.82, 2.24) is 5.32 Å². The van der Waals surface area contributed by atoms with Gasteiger partial charge in [-0.25, -0.2) is 4.90 Å². The summed E-state index contributed by atoms with van der Waals surface area (Å²) in [5, 5.41) is 3.30. The van der Waals surface area contributed by atoms with Crippen LogP contribution < -0.4 is 19.7 Å². The minimum absolute atomic E-state index is 0.233. The highest BCUT2D eigenvalue weighted by molar-refractivity contribution is 7.80. The summed E-state index contributed by atoms with van der Waals surface area (Å²) in [5.74, 6) is 1.06. The van der Waals surface area contributed by atoms with Crippen molar-refractivity contribution in [3.63, 3.8) is 0 Å². The zero-order chi connectivity index (χ0) is 17.8. The zero-order valence-corrected chi connectivity index (χ0v) is 14.8. The van der Waals surface area contributed by atoms with Gasteiger partial charge in [0.15, 0.2) is 5.11 Å². The van der Waals surface area contributed by atoms with Crippen molar-refractivity contribution >= 4 is 35.0 Å². The van der Waals surface area contributed by atoms with Gasteiger partial charge in [-0.3, -0.25) is 4.79 Å². The third-order valence-electron chi connectivity index (χ3n) is 3.72. The van der Waals surface area contributed by atoms with Crippen LogP contribution >= 0.6 is 12.2 Å². The van der Waals surface area contributed by atoms with Crippen LogP contribution in [-0.4, -0.2) is 24.7 Å². The SMILES string of the molecule is CCOc1ccccc1N1C(=O)/C(=C\c2ccccc2OC)NC1=S. The number of carbonyl (C=O) groups is 1. The number of hydrogen-bond acceptors (Lipinski definition) is 4. The number of anilines is 1. The standard InChI is InChI=1S/C19H18N2O3S/c1-3-24-17-11-7-5-9-15(17)21-18(22)14(20-19(21)25)12-13-8-4-6-10-16(13)23-2/h4-12H,3H2,1-2H3,(H,20,25)/b14-12+. The fraction of sp³-hybridized carbons (Fsp3) is 0.158. The van der Waals surface area contributed by atoms with Crippen LogP contribution in [0.2, 0.25) is 0 Å². The van der Waals surface area contributed by atoms with Gasteiger partial charge in [-0.2, -0.15) is 0 Å². The van der Waals surface area contributed by atoms with Gasteiger partial charge in [-0.15, -0.1) is 0 Å². The molecule has 5 nitrogen and oxygen atoms in total. The number of benzene rings is 2. The van der Waals surface area contributed by atoms with Crippen molar-refractivity contribution in [3.8, 4) is 11.5 Å². The summed E-state index contributed by atoms with van der Waals surface area (Å²) in [4.78, 5) is 14.3. The van der Waals surface area contributed by atoms with Crippen LogP contribution in [0, 0.1) is 0 Å². The summed E-state index contributed by atoms with van der Waals surface area (Å²) in [6, 6.07) is 14.8. The largest absolute Gasteiger partial charge is 0.496 e. The molecule has 1 N–H and O–H groups in total. The maximum absolute atomic E-state index is 12.9. The first-order chi connectivity index (χ1) is 12.2. The molecule has 1 aliphatic rings. The number of nitrogens with one attached hydrogen (secondary N) is 1. The van der Waals surface area contributed by atoms with Crippen molar-refractivity contribution in [2.24, 2.45) is 0 Å². The number of para-hydroxylation sites is 3. The van der Waals surface area contributed by atoms with Crippen molar-refractivity contribution in [3.05, 3.63) is 59.8 Å². The van der Waals surface area contributed by atoms with Crippen LogP contribution in [0.25, 0.3) is 6.08 Å². The summed E-state index contributed by atoms with van der Waals surface area (Å²) in [6.45, 7) is 2.40. The van der Waals surface area contributed by atoms with Crippen LogP contribution in [0.5, 0.6) is 11.5 Å². The van der Waals surface area contributed by atoms with Crippen LogP contribution in [-0.2, 0) is 4.79 Å². The van der Waals surface area contributed by atoms with Crippen LogP contribution in [0.1, 0.15) is 12.5 Å². The topological polar surface area (TPSA) is 50.8 Å². The predicted octanol–water partition coefficient (Wildman–Crippen LogP) is 3.36. The highest BCUT2D eigenvalue weighted by atomic mass is 32.1. The van der Waals surface area contributed by atoms with Gasteiger partial charge >= 0.3 is 0 Å². The Kier molecular flexibility index (Phi) is 5.00. The van der Waals surface area contributed by atoms with Crippen LogP contribution in [0.4, 0.5) is 5.69 Å². The minimum atomic E-state index is -0.233. The van der Waals surface area contributed by atoms with Gasteiger partial charge in [0.1, 0.15) is 17.2 Å². The lowest BCUT2D eigenvalue weighted by Crippen LogP contribution is -2.30. The van der Waals surface area contributed by atoms with Gasteiger partial charge in [0, 0.05) is 5.56 Å². The summed E-state index contributed by atoms with van der Waals surface area (Å²) in [6.07, 6.45) is 1.73. The van der Waals surface area contributed by atoms with E-state index in [9.17, 15) is 4.79 Å². The first-order valence-electron chi connectivity index (χ1n) is 7.87. The molecule has 0 atom stereocenters. The highest BCUT2D eigenvalue weighted by Crippen LogP contribution is 2.32. The third-order valence-corrected chi connectivity index (χ3v) is 4.01. The summed E-state index contributed by atoms with van der Waals surface area (Å²) >= 11 is 5.36. The lowest BCUT2D eigenvalue weighted by atomic mass is 10.1. The second-order valence-corrected chi connectivity index (χ2v) is 5.66. The van der Waals surface area contributed by atoms with E-state index >= 15 is 0 Å². The van der Waals surface area contributed by atoms with Crippen molar-refractivity contribution < 1.29 is 14.3 Å². The van der Waals surface area contributed by atoms with E-state index in [-0.39, 0.29) is 5.91 Å². The summed E-state index contributed by atoms with van der Waals surface area (Å²) in [7, 11) is 1.59. The van der Waals surface area contributed by atoms with E-state index in [1.54, 1.807) is 13.2 Å². The van der Waals surface area contributed by atoms with E-state index in [4.69, 9.17) is 21.7 Å². The van der Waals surface area contributed by atoms with E-state index in [2.05, 4.69) is 5.32 Å². The first-order valence-corrected chi connectivity index (χ1v) is 8.28. The molecule has 2 aromatic carbocycles. The molecule has 0 unspecified atom stereocenters. The first kappa shape index (κ1) is 17.0. The fourth-order valence-electron chi connectivity index (χ4n) is 2.61. The van der Waals surface area contributed by atoms with Gasteiger partial charge < -0.3 is 14.8 Å². The number of carbonyl (C=O) groups excluding carboxylic acids is 1. The molecule has 1 heterocycles. The molecule has 1 amide bonds. The molecule has 2 aromatic rings. The lowest BCUT2D eigenvalue weighted by Gasteiger charge is -2.17. The fourth-order valence-corrected chi connectivity index (χ4v) is 2.91. The van der Waals surface area contributed by atoms with E-state index < -0.39 is 0 Å². The quantitative estimate of drug-likeness (QED) is 0.659. The number of amides is 1. The van der Waals surface area contributed by atoms with E-state index in [1.165, 1.54) is 4.90 Å². The smallest absolute Gasteiger partial charge is 0.281 e. The number of methoxy groups -OCH3 is 1. The van der Waals surface area contributed by atoms with E-state index in [0.717, 1.165) is 5.56 Å². The lowest BCUT2D eigenvalue weighted by molar-refractivity contribution is -0.113. The number of thiocarbonyl (C=S) groups is 1. The monoisotopic (exact) mass is 354 g/mol. The molecular formula is C19H18N2O3S. The molecule has 25 heavy (non-hydrogen) atoms. The molecule has 3 rings (SSSR count). The van der Waals surface area contributed by atoms with Crippen molar-refractivity contribution in [2.45, 2.75) is 6.92 Å². The van der Waals surface area contributed by atoms with Gasteiger partial charge in [-0.05, 0) is 43.4 Å². The molecule has 1 aliphatic heterocycles. The number of hydrogen-bond donors (Lipinski definition) is 1. The molecule has 128 valence electrons. The number of ether oxygens (including phenoxy) is 2. The molecular weight excluding hydrogens is 336 g/mol.